The molecule has 1 aliphatic rings. The number of amides is 1. The first-order valence-corrected chi connectivity index (χ1v) is 8.43. The van der Waals surface area contributed by atoms with E-state index in [0.29, 0.717) is 31.0 Å². The number of hydrogen-bond acceptors (Lipinski definition) is 5. The predicted molar refractivity (Wildman–Crippen MR) is 94.4 cm³/mol. The predicted octanol–water partition coefficient (Wildman–Crippen LogP) is 1.28. The highest BCUT2D eigenvalue weighted by Crippen LogP contribution is 2.13. The molecule has 2 atom stereocenters. The van der Waals surface area contributed by atoms with Crippen LogP contribution in [-0.4, -0.2) is 41.7 Å². The molecule has 2 aromatic rings. The van der Waals surface area contributed by atoms with E-state index < -0.39 is 6.10 Å². The van der Waals surface area contributed by atoms with Crippen molar-refractivity contribution in [1.29, 1.82) is 0 Å². The van der Waals surface area contributed by atoms with Gasteiger partial charge in [-0.15, -0.1) is 0 Å². The fourth-order valence-corrected chi connectivity index (χ4v) is 2.76. The molecule has 1 aromatic heterocycles. The second kappa shape index (κ2) is 8.09. The molecule has 6 heteroatoms. The summed E-state index contributed by atoms with van der Waals surface area (Å²) in [5.74, 6) is 0.616. The molecule has 1 fully saturated rings. The van der Waals surface area contributed by atoms with E-state index in [1.165, 1.54) is 0 Å². The zero-order valence-corrected chi connectivity index (χ0v) is 14.2. The van der Waals surface area contributed by atoms with E-state index in [1.54, 1.807) is 12.3 Å². The minimum atomic E-state index is -0.400. The van der Waals surface area contributed by atoms with Crippen molar-refractivity contribution in [1.82, 2.24) is 15.6 Å². The number of hydrogen-bond donors (Lipinski definition) is 3. The van der Waals surface area contributed by atoms with Gasteiger partial charge in [0.2, 0.25) is 0 Å². The standard InChI is InChI=1S/C19H23N3O3/c1-13-5-6-17(10-21-13)25-12-14-3-2-4-15(7-14)19(24)22-9-16-8-20-11-18(16)23/h2-7,10,16,18,20,23H,8-9,11-12H2,1H3,(H,22,24). The van der Waals surface area contributed by atoms with Gasteiger partial charge in [-0.25, -0.2) is 0 Å². The first-order valence-electron chi connectivity index (χ1n) is 8.43. The molecule has 3 N–H and O–H groups in total. The van der Waals surface area contributed by atoms with E-state index in [0.717, 1.165) is 17.8 Å². The van der Waals surface area contributed by atoms with Gasteiger partial charge in [0.25, 0.3) is 5.91 Å². The van der Waals surface area contributed by atoms with E-state index in [-0.39, 0.29) is 11.8 Å². The highest BCUT2D eigenvalue weighted by molar-refractivity contribution is 5.94. The van der Waals surface area contributed by atoms with Crippen LogP contribution in [0.15, 0.2) is 42.6 Å². The SMILES string of the molecule is Cc1ccc(OCc2cccc(C(=O)NCC3CNCC3O)c2)cn1. The topological polar surface area (TPSA) is 83.5 Å². The number of aryl methyl sites for hydroxylation is 1. The van der Waals surface area contributed by atoms with Crippen molar-refractivity contribution in [2.75, 3.05) is 19.6 Å². The monoisotopic (exact) mass is 341 g/mol. The van der Waals surface area contributed by atoms with Crippen molar-refractivity contribution >= 4 is 5.91 Å². The molecule has 1 amide bonds. The van der Waals surface area contributed by atoms with Crippen molar-refractivity contribution in [2.45, 2.75) is 19.6 Å². The maximum Gasteiger partial charge on any atom is 0.251 e. The Morgan fingerprint density at radius 1 is 1.36 bits per heavy atom. The Bertz CT molecular complexity index is 718. The minimum absolute atomic E-state index is 0.0597. The highest BCUT2D eigenvalue weighted by atomic mass is 16.5. The summed E-state index contributed by atoms with van der Waals surface area (Å²) in [7, 11) is 0. The summed E-state index contributed by atoms with van der Waals surface area (Å²) >= 11 is 0. The lowest BCUT2D eigenvalue weighted by atomic mass is 10.1. The number of β-amino-alcohol motifs (C(OH)–C–C–N with tert-alkyl or cyclic N) is 1. The Kier molecular flexibility index (Phi) is 5.63. The molecule has 0 saturated carbocycles. The number of nitrogens with zero attached hydrogens (tertiary/aromatic N) is 1. The molecule has 0 radical (unpaired) electrons. The molecule has 0 spiro atoms. The van der Waals surface area contributed by atoms with Crippen LogP contribution in [0.5, 0.6) is 5.75 Å². The molecule has 0 bridgehead atoms. The number of ether oxygens (including phenoxy) is 1. The number of rotatable bonds is 6. The van der Waals surface area contributed by atoms with Crippen LogP contribution in [-0.2, 0) is 6.61 Å². The number of nitrogens with one attached hydrogen (secondary N) is 2. The van der Waals surface area contributed by atoms with E-state index >= 15 is 0 Å². The smallest absolute Gasteiger partial charge is 0.251 e. The van der Waals surface area contributed by atoms with Crippen LogP contribution in [0.2, 0.25) is 0 Å². The molecule has 1 saturated heterocycles. The molecule has 25 heavy (non-hydrogen) atoms. The number of benzene rings is 1. The number of aliphatic hydroxyl groups is 1. The highest BCUT2D eigenvalue weighted by Gasteiger charge is 2.25. The van der Waals surface area contributed by atoms with Crippen LogP contribution in [0, 0.1) is 12.8 Å². The molecular weight excluding hydrogens is 318 g/mol. The first kappa shape index (κ1) is 17.4. The summed E-state index contributed by atoms with van der Waals surface area (Å²) in [6.07, 6.45) is 1.29. The normalized spacial score (nSPS) is 19.6. The maximum absolute atomic E-state index is 12.3. The third kappa shape index (κ3) is 4.78. The Morgan fingerprint density at radius 2 is 2.24 bits per heavy atom. The quantitative estimate of drug-likeness (QED) is 0.737. The van der Waals surface area contributed by atoms with Gasteiger partial charge in [-0.2, -0.15) is 0 Å². The molecule has 2 unspecified atom stereocenters. The van der Waals surface area contributed by atoms with Crippen molar-refractivity contribution < 1.29 is 14.6 Å². The number of aliphatic hydroxyl groups excluding tert-OH is 1. The Balaban J connectivity index is 1.54. The largest absolute Gasteiger partial charge is 0.487 e. The van der Waals surface area contributed by atoms with E-state index in [9.17, 15) is 9.90 Å². The van der Waals surface area contributed by atoms with Crippen molar-refractivity contribution in [3.05, 3.63) is 59.4 Å². The van der Waals surface area contributed by atoms with Gasteiger partial charge in [0.05, 0.1) is 12.3 Å². The minimum Gasteiger partial charge on any atom is -0.487 e. The lowest BCUT2D eigenvalue weighted by molar-refractivity contribution is 0.0927. The third-order valence-electron chi connectivity index (χ3n) is 4.31. The molecule has 1 aliphatic heterocycles. The van der Waals surface area contributed by atoms with Crippen molar-refractivity contribution in [3.8, 4) is 5.75 Å². The summed E-state index contributed by atoms with van der Waals surface area (Å²) in [5.41, 5.74) is 2.44. The second-order valence-corrected chi connectivity index (χ2v) is 6.32. The van der Waals surface area contributed by atoms with Gasteiger partial charge < -0.3 is 20.5 Å². The number of aromatic nitrogens is 1. The van der Waals surface area contributed by atoms with Gasteiger partial charge in [-0.3, -0.25) is 9.78 Å². The van der Waals surface area contributed by atoms with Crippen LogP contribution in [0.4, 0.5) is 0 Å². The Labute approximate surface area is 147 Å². The van der Waals surface area contributed by atoms with Gasteiger partial charge in [-0.1, -0.05) is 12.1 Å². The third-order valence-corrected chi connectivity index (χ3v) is 4.31. The first-order chi connectivity index (χ1) is 12.1. The van der Waals surface area contributed by atoms with Crippen LogP contribution < -0.4 is 15.4 Å². The second-order valence-electron chi connectivity index (χ2n) is 6.32. The molecule has 6 nitrogen and oxygen atoms in total. The lowest BCUT2D eigenvalue weighted by Crippen LogP contribution is -2.34. The zero-order valence-electron chi connectivity index (χ0n) is 14.2. The molecule has 0 aliphatic carbocycles. The molecular formula is C19H23N3O3. The van der Waals surface area contributed by atoms with Gasteiger partial charge in [0, 0.05) is 36.8 Å². The van der Waals surface area contributed by atoms with Crippen LogP contribution in [0.3, 0.4) is 0 Å². The van der Waals surface area contributed by atoms with Crippen LogP contribution >= 0.6 is 0 Å². The number of carbonyl (C=O) groups is 1. The van der Waals surface area contributed by atoms with Crippen molar-refractivity contribution in [2.24, 2.45) is 5.92 Å². The number of carbonyl (C=O) groups excluding carboxylic acids is 1. The molecule has 3 rings (SSSR count). The van der Waals surface area contributed by atoms with E-state index in [4.69, 9.17) is 4.74 Å². The number of pyridine rings is 1. The molecule has 1 aromatic carbocycles. The van der Waals surface area contributed by atoms with Gasteiger partial charge in [-0.05, 0) is 36.8 Å². The fraction of sp³-hybridized carbons (Fsp3) is 0.368. The van der Waals surface area contributed by atoms with Crippen molar-refractivity contribution in [3.63, 3.8) is 0 Å². The average molecular weight is 341 g/mol. The molecule has 132 valence electrons. The Hall–Kier alpha value is -2.44. The summed E-state index contributed by atoms with van der Waals surface area (Å²) in [6, 6.07) is 11.1. The summed E-state index contributed by atoms with van der Waals surface area (Å²) in [5, 5.41) is 15.8. The summed E-state index contributed by atoms with van der Waals surface area (Å²) < 4.78 is 5.70. The summed E-state index contributed by atoms with van der Waals surface area (Å²) in [4.78, 5) is 16.5. The van der Waals surface area contributed by atoms with Gasteiger partial charge in [0.1, 0.15) is 12.4 Å². The average Bonchev–Trinajstić information content (AvgIpc) is 3.04. The molecule has 2 heterocycles. The zero-order chi connectivity index (χ0) is 17.6. The van der Waals surface area contributed by atoms with Gasteiger partial charge >= 0.3 is 0 Å². The lowest BCUT2D eigenvalue weighted by Gasteiger charge is -2.14. The van der Waals surface area contributed by atoms with Crippen LogP contribution in [0.25, 0.3) is 0 Å². The van der Waals surface area contributed by atoms with E-state index in [2.05, 4.69) is 15.6 Å². The summed E-state index contributed by atoms with van der Waals surface area (Å²) in [6.45, 7) is 4.06. The fourth-order valence-electron chi connectivity index (χ4n) is 2.76. The Morgan fingerprint density at radius 3 is 2.96 bits per heavy atom. The van der Waals surface area contributed by atoms with Gasteiger partial charge in [0.15, 0.2) is 0 Å². The van der Waals surface area contributed by atoms with Crippen LogP contribution in [0.1, 0.15) is 21.6 Å². The maximum atomic E-state index is 12.3. The van der Waals surface area contributed by atoms with E-state index in [1.807, 2.05) is 37.3 Å².